The Morgan fingerprint density at radius 3 is 2.64 bits per heavy atom. The van der Waals surface area contributed by atoms with Crippen molar-refractivity contribution in [2.45, 2.75) is 45.6 Å². The molecular formula is C13H20O. The Bertz CT molecular complexity index is 294. The van der Waals surface area contributed by atoms with Crippen LogP contribution in [0.3, 0.4) is 0 Å². The number of fused-ring (bicyclic) bond motifs is 1. The molecule has 1 N–H and O–H groups in total. The van der Waals surface area contributed by atoms with E-state index in [4.69, 9.17) is 0 Å². The third kappa shape index (κ3) is 1.44. The number of allylic oxidation sites excluding steroid dienone is 2. The minimum Gasteiger partial charge on any atom is -0.389 e. The summed E-state index contributed by atoms with van der Waals surface area (Å²) in [5.41, 5.74) is 1.19. The SMILES string of the molecule is CC1(C)CC[C@](C)(O)[C@H]2C=CCC=C21. The van der Waals surface area contributed by atoms with Crippen molar-refractivity contribution >= 4 is 0 Å². The summed E-state index contributed by atoms with van der Waals surface area (Å²) in [5.74, 6) is 0.250. The van der Waals surface area contributed by atoms with Gasteiger partial charge in [0.15, 0.2) is 0 Å². The van der Waals surface area contributed by atoms with Crippen LogP contribution in [0, 0.1) is 11.3 Å². The molecule has 0 heterocycles. The Kier molecular flexibility index (Phi) is 2.11. The Morgan fingerprint density at radius 2 is 2.00 bits per heavy atom. The molecule has 2 atom stereocenters. The van der Waals surface area contributed by atoms with E-state index in [1.807, 2.05) is 6.92 Å². The van der Waals surface area contributed by atoms with Crippen LogP contribution in [0.2, 0.25) is 0 Å². The Labute approximate surface area is 86.5 Å². The smallest absolute Gasteiger partial charge is 0.0719 e. The van der Waals surface area contributed by atoms with Gasteiger partial charge in [0, 0.05) is 5.92 Å². The van der Waals surface area contributed by atoms with E-state index in [-0.39, 0.29) is 11.3 Å². The first-order valence-corrected chi connectivity index (χ1v) is 5.53. The van der Waals surface area contributed by atoms with Gasteiger partial charge in [-0.05, 0) is 31.6 Å². The van der Waals surface area contributed by atoms with Gasteiger partial charge < -0.3 is 5.11 Å². The molecule has 1 heteroatoms. The zero-order valence-corrected chi connectivity index (χ0v) is 9.38. The van der Waals surface area contributed by atoms with Gasteiger partial charge in [0.25, 0.3) is 0 Å². The first-order valence-electron chi connectivity index (χ1n) is 5.53. The normalized spacial score (nSPS) is 40.3. The number of hydrogen-bond acceptors (Lipinski definition) is 1. The van der Waals surface area contributed by atoms with Gasteiger partial charge >= 0.3 is 0 Å². The highest BCUT2D eigenvalue weighted by Gasteiger charge is 2.44. The van der Waals surface area contributed by atoms with Crippen LogP contribution in [-0.4, -0.2) is 10.7 Å². The highest BCUT2D eigenvalue weighted by molar-refractivity contribution is 5.31. The van der Waals surface area contributed by atoms with E-state index in [2.05, 4.69) is 32.1 Å². The maximum atomic E-state index is 10.3. The highest BCUT2D eigenvalue weighted by Crippen LogP contribution is 2.49. The lowest BCUT2D eigenvalue weighted by molar-refractivity contribution is -0.0139. The Hall–Kier alpha value is -0.560. The summed E-state index contributed by atoms with van der Waals surface area (Å²) < 4.78 is 0. The first-order chi connectivity index (χ1) is 6.43. The van der Waals surface area contributed by atoms with Crippen LogP contribution in [0.5, 0.6) is 0 Å². The average Bonchev–Trinajstić information content (AvgIpc) is 2.14. The molecule has 2 rings (SSSR count). The Morgan fingerprint density at radius 1 is 1.29 bits per heavy atom. The van der Waals surface area contributed by atoms with Crippen LogP contribution in [0.15, 0.2) is 23.8 Å². The van der Waals surface area contributed by atoms with Crippen LogP contribution in [-0.2, 0) is 0 Å². The molecule has 14 heavy (non-hydrogen) atoms. The molecule has 0 spiro atoms. The van der Waals surface area contributed by atoms with E-state index in [0.717, 1.165) is 19.3 Å². The standard InChI is InChI=1S/C13H20O/c1-12(2)8-9-13(3,14)11-7-5-4-6-10(11)12/h5-7,11,14H,4,8-9H2,1-3H3/t11-,13-/m0/s1. The predicted molar refractivity (Wildman–Crippen MR) is 59.0 cm³/mol. The van der Waals surface area contributed by atoms with Crippen LogP contribution in [0.25, 0.3) is 0 Å². The van der Waals surface area contributed by atoms with Crippen LogP contribution >= 0.6 is 0 Å². The molecule has 2 aliphatic carbocycles. The second-order valence-corrected chi connectivity index (χ2v) is 5.54. The molecule has 0 radical (unpaired) electrons. The lowest BCUT2D eigenvalue weighted by atomic mass is 9.61. The third-order valence-corrected chi connectivity index (χ3v) is 3.85. The highest BCUT2D eigenvalue weighted by atomic mass is 16.3. The van der Waals surface area contributed by atoms with Crippen molar-refractivity contribution in [2.24, 2.45) is 11.3 Å². The summed E-state index contributed by atoms with van der Waals surface area (Å²) in [6.45, 7) is 6.55. The lowest BCUT2D eigenvalue weighted by Crippen LogP contribution is -2.44. The molecule has 1 fully saturated rings. The first kappa shape index (κ1) is 9.97. The van der Waals surface area contributed by atoms with E-state index in [1.165, 1.54) is 5.57 Å². The molecule has 0 saturated heterocycles. The van der Waals surface area contributed by atoms with E-state index in [0.29, 0.717) is 0 Å². The minimum atomic E-state index is -0.529. The predicted octanol–water partition coefficient (Wildman–Crippen LogP) is 3.06. The summed E-state index contributed by atoms with van der Waals surface area (Å²) in [6.07, 6.45) is 9.70. The summed E-state index contributed by atoms with van der Waals surface area (Å²) in [6, 6.07) is 0. The summed E-state index contributed by atoms with van der Waals surface area (Å²) in [5, 5.41) is 10.3. The van der Waals surface area contributed by atoms with Gasteiger partial charge in [-0.15, -0.1) is 0 Å². The molecule has 0 aromatic rings. The summed E-state index contributed by atoms with van der Waals surface area (Å²) >= 11 is 0. The fraction of sp³-hybridized carbons (Fsp3) is 0.692. The van der Waals surface area contributed by atoms with E-state index < -0.39 is 5.60 Å². The molecule has 0 aromatic carbocycles. The molecule has 1 nitrogen and oxygen atoms in total. The molecule has 2 aliphatic rings. The quantitative estimate of drug-likeness (QED) is 0.585. The van der Waals surface area contributed by atoms with E-state index >= 15 is 0 Å². The zero-order chi connectivity index (χ0) is 10.4. The van der Waals surface area contributed by atoms with Crippen LogP contribution in [0.4, 0.5) is 0 Å². The van der Waals surface area contributed by atoms with Crippen molar-refractivity contribution in [1.29, 1.82) is 0 Å². The summed E-state index contributed by atoms with van der Waals surface area (Å²) in [4.78, 5) is 0. The molecule has 0 unspecified atom stereocenters. The maximum Gasteiger partial charge on any atom is 0.0719 e. The van der Waals surface area contributed by atoms with Crippen LogP contribution < -0.4 is 0 Å². The third-order valence-electron chi connectivity index (χ3n) is 3.85. The largest absolute Gasteiger partial charge is 0.389 e. The molecule has 0 amide bonds. The molecular weight excluding hydrogens is 172 g/mol. The van der Waals surface area contributed by atoms with Gasteiger partial charge in [-0.3, -0.25) is 0 Å². The van der Waals surface area contributed by atoms with Gasteiger partial charge in [-0.25, -0.2) is 0 Å². The molecule has 0 bridgehead atoms. The Balaban J connectivity index is 2.38. The topological polar surface area (TPSA) is 20.2 Å². The van der Waals surface area contributed by atoms with Crippen molar-refractivity contribution in [1.82, 2.24) is 0 Å². The van der Waals surface area contributed by atoms with Crippen molar-refractivity contribution in [2.75, 3.05) is 0 Å². The zero-order valence-electron chi connectivity index (χ0n) is 9.38. The summed E-state index contributed by atoms with van der Waals surface area (Å²) in [7, 11) is 0. The molecule has 1 saturated carbocycles. The minimum absolute atomic E-state index is 0.250. The molecule has 0 aliphatic heterocycles. The fourth-order valence-corrected chi connectivity index (χ4v) is 2.75. The number of hydrogen-bond donors (Lipinski definition) is 1. The monoisotopic (exact) mass is 192 g/mol. The van der Waals surface area contributed by atoms with E-state index in [1.54, 1.807) is 0 Å². The number of rotatable bonds is 0. The van der Waals surface area contributed by atoms with Gasteiger partial charge in [-0.2, -0.15) is 0 Å². The van der Waals surface area contributed by atoms with Crippen molar-refractivity contribution in [3.8, 4) is 0 Å². The average molecular weight is 192 g/mol. The fourth-order valence-electron chi connectivity index (χ4n) is 2.75. The van der Waals surface area contributed by atoms with E-state index in [9.17, 15) is 5.11 Å². The van der Waals surface area contributed by atoms with Gasteiger partial charge in [0.05, 0.1) is 5.60 Å². The second kappa shape index (κ2) is 2.96. The second-order valence-electron chi connectivity index (χ2n) is 5.54. The maximum absolute atomic E-state index is 10.3. The van der Waals surface area contributed by atoms with Gasteiger partial charge in [0.2, 0.25) is 0 Å². The van der Waals surface area contributed by atoms with Gasteiger partial charge in [-0.1, -0.05) is 37.6 Å². The van der Waals surface area contributed by atoms with Crippen LogP contribution in [0.1, 0.15) is 40.0 Å². The van der Waals surface area contributed by atoms with Crippen molar-refractivity contribution in [3.63, 3.8) is 0 Å². The van der Waals surface area contributed by atoms with Crippen molar-refractivity contribution < 1.29 is 5.11 Å². The number of aliphatic hydroxyl groups is 1. The van der Waals surface area contributed by atoms with Crippen molar-refractivity contribution in [3.05, 3.63) is 23.8 Å². The van der Waals surface area contributed by atoms with Gasteiger partial charge in [0.1, 0.15) is 0 Å². The lowest BCUT2D eigenvalue weighted by Gasteiger charge is -2.47. The molecule has 0 aromatic heterocycles. The molecule has 78 valence electrons.